The molecule has 14 aromatic rings. The zero-order chi connectivity index (χ0) is 48.2. The summed E-state index contributed by atoms with van der Waals surface area (Å²) >= 11 is 0. The van der Waals surface area contributed by atoms with Crippen LogP contribution in [0.2, 0.25) is 0 Å². The van der Waals surface area contributed by atoms with Crippen LogP contribution in [0.25, 0.3) is 116 Å². The van der Waals surface area contributed by atoms with Gasteiger partial charge in [0.2, 0.25) is 0 Å². The minimum Gasteiger partial charge on any atom is -0.455 e. The van der Waals surface area contributed by atoms with Crippen LogP contribution in [0.1, 0.15) is 0 Å². The summed E-state index contributed by atoms with van der Waals surface area (Å²) in [6.45, 7) is 0. The Morgan fingerprint density at radius 1 is 0.274 bits per heavy atom. The molecule has 0 saturated carbocycles. The minimum absolute atomic E-state index is 0.899. The molecule has 0 spiro atoms. The summed E-state index contributed by atoms with van der Waals surface area (Å²) in [5.41, 5.74) is 19.9. The summed E-state index contributed by atoms with van der Waals surface area (Å²) in [7, 11) is 0. The molecule has 0 bridgehead atoms. The van der Waals surface area contributed by atoms with Crippen LogP contribution in [0.15, 0.2) is 283 Å². The number of rotatable bonds is 9. The summed E-state index contributed by atoms with van der Waals surface area (Å²) in [6, 6.07) is 101. The number of fused-ring (bicyclic) bond motifs is 8. The van der Waals surface area contributed by atoms with Crippen LogP contribution in [0, 0.1) is 0 Å². The number of nitrogens with zero attached hydrogens (tertiary/aromatic N) is 2. The molecule has 0 amide bonds. The summed E-state index contributed by atoms with van der Waals surface area (Å²) in [6.07, 6.45) is 0. The second-order valence-corrected chi connectivity index (χ2v) is 18.8. The van der Waals surface area contributed by atoms with Crippen LogP contribution in [0.5, 0.6) is 0 Å². The molecule has 3 heteroatoms. The van der Waals surface area contributed by atoms with Gasteiger partial charge in [0.1, 0.15) is 11.2 Å². The maximum Gasteiger partial charge on any atom is 0.143 e. The van der Waals surface area contributed by atoms with Crippen molar-refractivity contribution in [1.29, 1.82) is 0 Å². The zero-order valence-electron chi connectivity index (χ0n) is 39.9. The number of hydrogen-bond donors (Lipinski definition) is 0. The van der Waals surface area contributed by atoms with Crippen LogP contribution >= 0.6 is 0 Å². The Bertz CT molecular complexity index is 4330. The fraction of sp³-hybridized carbons (Fsp3) is 0. The maximum atomic E-state index is 6.84. The molecule has 0 atom stereocenters. The number of benzene rings is 12. The van der Waals surface area contributed by atoms with Crippen molar-refractivity contribution in [2.24, 2.45) is 0 Å². The van der Waals surface area contributed by atoms with Gasteiger partial charge in [0, 0.05) is 60.8 Å². The fourth-order valence-electron chi connectivity index (χ4n) is 11.1. The smallest absolute Gasteiger partial charge is 0.143 e. The SMILES string of the molecule is c1ccc(-c2ccc(N(c3ccc(-c4cccc(-c5cccc6c5oc5c(-c7ccccc7)cccc56)c4)cc3)c3ccc4c5ccc6ccccc6c5n(-c5ccc(-c6ccccc6)cc5)c4c3)cc2)cc1. The third-order valence-electron chi connectivity index (χ3n) is 14.6. The Morgan fingerprint density at radius 3 is 1.36 bits per heavy atom. The molecule has 0 aliphatic rings. The van der Waals surface area contributed by atoms with Gasteiger partial charge in [0.05, 0.1) is 11.0 Å². The molecule has 14 rings (SSSR count). The molecular weight excluding hydrogens is 885 g/mol. The van der Waals surface area contributed by atoms with E-state index in [2.05, 4.69) is 289 Å². The predicted molar refractivity (Wildman–Crippen MR) is 307 cm³/mol. The first kappa shape index (κ1) is 42.2. The molecule has 2 heterocycles. The largest absolute Gasteiger partial charge is 0.455 e. The number of hydrogen-bond acceptors (Lipinski definition) is 2. The molecule has 0 N–H and O–H groups in total. The molecule has 0 saturated heterocycles. The number of aromatic nitrogens is 1. The molecule has 0 aliphatic carbocycles. The van der Waals surface area contributed by atoms with Crippen molar-refractivity contribution in [1.82, 2.24) is 4.57 Å². The molecule has 0 unspecified atom stereocenters. The minimum atomic E-state index is 0.899. The van der Waals surface area contributed by atoms with Crippen LogP contribution in [0.3, 0.4) is 0 Å². The van der Waals surface area contributed by atoms with Crippen LogP contribution < -0.4 is 4.90 Å². The quantitative estimate of drug-likeness (QED) is 0.144. The second-order valence-electron chi connectivity index (χ2n) is 18.8. The normalized spacial score (nSPS) is 11.6. The second kappa shape index (κ2) is 17.6. The van der Waals surface area contributed by atoms with E-state index in [1.165, 1.54) is 49.3 Å². The van der Waals surface area contributed by atoms with Crippen LogP contribution in [-0.2, 0) is 0 Å². The predicted octanol–water partition coefficient (Wildman–Crippen LogP) is 19.6. The van der Waals surface area contributed by atoms with E-state index in [4.69, 9.17) is 4.42 Å². The van der Waals surface area contributed by atoms with E-state index in [1.54, 1.807) is 0 Å². The van der Waals surface area contributed by atoms with Gasteiger partial charge in [-0.05, 0) is 104 Å². The lowest BCUT2D eigenvalue weighted by molar-refractivity contribution is 0.671. The monoisotopic (exact) mass is 930 g/mol. The average Bonchev–Trinajstić information content (AvgIpc) is 4.03. The lowest BCUT2D eigenvalue weighted by Crippen LogP contribution is -2.10. The van der Waals surface area contributed by atoms with Gasteiger partial charge in [-0.3, -0.25) is 0 Å². The first-order valence-corrected chi connectivity index (χ1v) is 25.0. The molecule has 12 aromatic carbocycles. The summed E-state index contributed by atoms with van der Waals surface area (Å²) in [5, 5.41) is 7.12. The molecule has 3 nitrogen and oxygen atoms in total. The molecule has 342 valence electrons. The van der Waals surface area contributed by atoms with E-state index in [0.29, 0.717) is 0 Å². The van der Waals surface area contributed by atoms with Gasteiger partial charge >= 0.3 is 0 Å². The number of para-hydroxylation sites is 2. The Hall–Kier alpha value is -9.70. The Morgan fingerprint density at radius 2 is 0.726 bits per heavy atom. The first-order chi connectivity index (χ1) is 36.2. The van der Waals surface area contributed by atoms with Crippen molar-refractivity contribution in [3.63, 3.8) is 0 Å². The third kappa shape index (κ3) is 7.37. The molecule has 2 aromatic heterocycles. The average molecular weight is 931 g/mol. The molecule has 0 aliphatic heterocycles. The van der Waals surface area contributed by atoms with Crippen LogP contribution in [0.4, 0.5) is 17.1 Å². The number of furan rings is 1. The third-order valence-corrected chi connectivity index (χ3v) is 14.6. The van der Waals surface area contributed by atoms with E-state index in [0.717, 1.165) is 83.6 Å². The van der Waals surface area contributed by atoms with Crippen molar-refractivity contribution < 1.29 is 4.42 Å². The Kier molecular flexibility index (Phi) is 10.2. The highest BCUT2D eigenvalue weighted by molar-refractivity contribution is 6.19. The molecule has 0 radical (unpaired) electrons. The van der Waals surface area contributed by atoms with Gasteiger partial charge in [0.15, 0.2) is 0 Å². The summed E-state index contributed by atoms with van der Waals surface area (Å²) in [5.74, 6) is 0. The van der Waals surface area contributed by atoms with E-state index in [1.807, 2.05) is 0 Å². The summed E-state index contributed by atoms with van der Waals surface area (Å²) < 4.78 is 9.30. The number of anilines is 3. The molecular formula is C70H46N2O. The van der Waals surface area contributed by atoms with Crippen molar-refractivity contribution >= 4 is 71.6 Å². The first-order valence-electron chi connectivity index (χ1n) is 25.0. The van der Waals surface area contributed by atoms with Gasteiger partial charge in [-0.1, -0.05) is 224 Å². The van der Waals surface area contributed by atoms with Gasteiger partial charge in [-0.15, -0.1) is 0 Å². The topological polar surface area (TPSA) is 21.3 Å². The molecule has 0 fully saturated rings. The maximum absolute atomic E-state index is 6.84. The van der Waals surface area contributed by atoms with Gasteiger partial charge in [-0.2, -0.15) is 0 Å². The Labute approximate surface area is 423 Å². The Balaban J connectivity index is 0.887. The highest BCUT2D eigenvalue weighted by Gasteiger charge is 2.21. The van der Waals surface area contributed by atoms with E-state index >= 15 is 0 Å². The van der Waals surface area contributed by atoms with E-state index < -0.39 is 0 Å². The molecule has 73 heavy (non-hydrogen) atoms. The highest BCUT2D eigenvalue weighted by Crippen LogP contribution is 2.44. The van der Waals surface area contributed by atoms with Crippen molar-refractivity contribution in [3.8, 4) is 61.3 Å². The van der Waals surface area contributed by atoms with Crippen molar-refractivity contribution in [2.45, 2.75) is 0 Å². The lowest BCUT2D eigenvalue weighted by Gasteiger charge is -2.26. The van der Waals surface area contributed by atoms with Crippen LogP contribution in [-0.4, -0.2) is 4.57 Å². The summed E-state index contributed by atoms with van der Waals surface area (Å²) in [4.78, 5) is 2.39. The van der Waals surface area contributed by atoms with Crippen molar-refractivity contribution in [2.75, 3.05) is 4.90 Å². The van der Waals surface area contributed by atoms with Gasteiger partial charge in [0.25, 0.3) is 0 Å². The standard InChI is InChI=1S/C70H46N2O/c1-4-15-47(16-5-1)49-29-36-56(37-30-49)71(59-42-44-63-64-43-35-53-21-10-11-24-60(53)68(64)72(67(63)46-59)58-40-31-50(32-41-58)48-17-6-2-7-18-48)57-38-33-51(34-39-57)54-22-12-23-55(45-54)62-26-14-28-66-65-27-13-25-61(69(65)73-70(62)66)52-19-8-3-9-20-52/h1-46H. The fourth-order valence-corrected chi connectivity index (χ4v) is 11.1. The van der Waals surface area contributed by atoms with Gasteiger partial charge < -0.3 is 13.9 Å². The van der Waals surface area contributed by atoms with Crippen molar-refractivity contribution in [3.05, 3.63) is 279 Å². The van der Waals surface area contributed by atoms with Gasteiger partial charge in [-0.25, -0.2) is 0 Å². The van der Waals surface area contributed by atoms with E-state index in [-0.39, 0.29) is 0 Å². The highest BCUT2D eigenvalue weighted by atomic mass is 16.3. The lowest BCUT2D eigenvalue weighted by atomic mass is 9.97. The van der Waals surface area contributed by atoms with E-state index in [9.17, 15) is 0 Å². The zero-order valence-corrected chi connectivity index (χ0v) is 39.9.